The number of amides is 1. The molecule has 0 N–H and O–H groups in total. The third kappa shape index (κ3) is 2.82. The number of para-hydroxylation sites is 1. The number of benzene rings is 1. The first kappa shape index (κ1) is 14.6. The highest BCUT2D eigenvalue weighted by Gasteiger charge is 2.23. The number of likely N-dealkylation sites (tertiary alicyclic amines) is 1. The van der Waals surface area contributed by atoms with Gasteiger partial charge in [-0.05, 0) is 44.0 Å². The molecule has 0 radical (unpaired) electrons. The highest BCUT2D eigenvalue weighted by atomic mass is 16.2. The average molecular weight is 295 g/mol. The Labute approximate surface area is 131 Å². The van der Waals surface area contributed by atoms with Crippen LogP contribution >= 0.6 is 0 Å². The highest BCUT2D eigenvalue weighted by Crippen LogP contribution is 2.28. The van der Waals surface area contributed by atoms with E-state index in [0.717, 1.165) is 49.5 Å². The molecule has 2 aromatic rings. The number of carbonyl (C=O) groups excluding carboxylic acids is 1. The molecule has 0 aliphatic carbocycles. The number of hydrogen-bond donors (Lipinski definition) is 0. The van der Waals surface area contributed by atoms with Gasteiger partial charge in [0.15, 0.2) is 0 Å². The zero-order valence-corrected chi connectivity index (χ0v) is 12.9. The molecule has 4 nitrogen and oxygen atoms in total. The van der Waals surface area contributed by atoms with Gasteiger partial charge in [-0.25, -0.2) is 4.98 Å². The van der Waals surface area contributed by atoms with Crippen LogP contribution in [0.15, 0.2) is 48.7 Å². The number of anilines is 2. The smallest absolute Gasteiger partial charge is 0.255 e. The summed E-state index contributed by atoms with van der Waals surface area (Å²) < 4.78 is 0. The molecule has 1 aromatic heterocycles. The average Bonchev–Trinajstić information content (AvgIpc) is 3.11. The van der Waals surface area contributed by atoms with E-state index in [-0.39, 0.29) is 5.91 Å². The van der Waals surface area contributed by atoms with Crippen LogP contribution in [0.1, 0.15) is 30.1 Å². The number of nitrogens with zero attached hydrogens (tertiary/aromatic N) is 3. The van der Waals surface area contributed by atoms with Crippen molar-refractivity contribution in [3.05, 3.63) is 54.2 Å². The van der Waals surface area contributed by atoms with Gasteiger partial charge in [-0.1, -0.05) is 18.2 Å². The minimum absolute atomic E-state index is 0.127. The van der Waals surface area contributed by atoms with E-state index in [1.165, 1.54) is 0 Å². The molecule has 0 spiro atoms. The predicted octanol–water partition coefficient (Wildman–Crippen LogP) is 3.48. The van der Waals surface area contributed by atoms with Crippen LogP contribution in [0.3, 0.4) is 0 Å². The molecule has 1 fully saturated rings. The molecule has 1 amide bonds. The number of rotatable bonds is 4. The number of hydrogen-bond acceptors (Lipinski definition) is 3. The summed E-state index contributed by atoms with van der Waals surface area (Å²) in [5, 5.41) is 0. The Morgan fingerprint density at radius 1 is 1.14 bits per heavy atom. The molecule has 1 saturated heterocycles. The van der Waals surface area contributed by atoms with Crippen molar-refractivity contribution in [1.82, 2.24) is 9.88 Å². The maximum Gasteiger partial charge on any atom is 0.255 e. The molecule has 2 heterocycles. The summed E-state index contributed by atoms with van der Waals surface area (Å²) in [5.41, 5.74) is 1.69. The normalized spacial score (nSPS) is 14.1. The Morgan fingerprint density at radius 2 is 1.86 bits per heavy atom. The van der Waals surface area contributed by atoms with Crippen LogP contribution < -0.4 is 4.90 Å². The molecular weight excluding hydrogens is 274 g/mol. The van der Waals surface area contributed by atoms with Crippen molar-refractivity contribution in [3.63, 3.8) is 0 Å². The van der Waals surface area contributed by atoms with Gasteiger partial charge in [0.25, 0.3) is 5.91 Å². The third-order valence-electron chi connectivity index (χ3n) is 4.06. The molecule has 1 aromatic carbocycles. The van der Waals surface area contributed by atoms with Crippen LogP contribution in [0.2, 0.25) is 0 Å². The maximum absolute atomic E-state index is 12.8. The minimum atomic E-state index is 0.127. The van der Waals surface area contributed by atoms with E-state index in [2.05, 4.69) is 16.8 Å². The van der Waals surface area contributed by atoms with Crippen molar-refractivity contribution < 1.29 is 4.79 Å². The van der Waals surface area contributed by atoms with Crippen molar-refractivity contribution in [1.29, 1.82) is 0 Å². The summed E-state index contributed by atoms with van der Waals surface area (Å²) in [4.78, 5) is 21.3. The van der Waals surface area contributed by atoms with Crippen molar-refractivity contribution in [2.45, 2.75) is 19.8 Å². The minimum Gasteiger partial charge on any atom is -0.339 e. The van der Waals surface area contributed by atoms with Crippen LogP contribution in [0.25, 0.3) is 0 Å². The zero-order chi connectivity index (χ0) is 15.4. The summed E-state index contributed by atoms with van der Waals surface area (Å²) in [6.07, 6.45) is 3.99. The van der Waals surface area contributed by atoms with E-state index in [1.807, 2.05) is 47.4 Å². The van der Waals surface area contributed by atoms with E-state index in [0.29, 0.717) is 0 Å². The zero-order valence-electron chi connectivity index (χ0n) is 12.9. The predicted molar refractivity (Wildman–Crippen MR) is 88.5 cm³/mol. The van der Waals surface area contributed by atoms with Crippen LogP contribution in [-0.2, 0) is 0 Å². The van der Waals surface area contributed by atoms with Crippen LogP contribution in [0.4, 0.5) is 11.5 Å². The molecule has 0 atom stereocenters. The second-order valence-corrected chi connectivity index (χ2v) is 5.45. The van der Waals surface area contributed by atoms with Crippen LogP contribution in [-0.4, -0.2) is 35.4 Å². The van der Waals surface area contributed by atoms with Gasteiger partial charge in [0.05, 0.1) is 11.3 Å². The molecule has 3 rings (SSSR count). The highest BCUT2D eigenvalue weighted by molar-refractivity contribution is 6.00. The number of carbonyl (C=O) groups is 1. The van der Waals surface area contributed by atoms with Gasteiger partial charge in [0.1, 0.15) is 5.82 Å². The van der Waals surface area contributed by atoms with E-state index < -0.39 is 0 Å². The Hall–Kier alpha value is -2.36. The van der Waals surface area contributed by atoms with Gasteiger partial charge in [0, 0.05) is 25.8 Å². The molecule has 1 aliphatic rings. The van der Waals surface area contributed by atoms with Crippen LogP contribution in [0, 0.1) is 0 Å². The van der Waals surface area contributed by atoms with E-state index in [9.17, 15) is 4.79 Å². The molecule has 4 heteroatoms. The second-order valence-electron chi connectivity index (χ2n) is 5.45. The van der Waals surface area contributed by atoms with Crippen molar-refractivity contribution in [2.75, 3.05) is 24.5 Å². The molecular formula is C18H21N3O. The van der Waals surface area contributed by atoms with Crippen molar-refractivity contribution in [3.8, 4) is 0 Å². The first-order valence-corrected chi connectivity index (χ1v) is 7.88. The fourth-order valence-corrected chi connectivity index (χ4v) is 2.95. The van der Waals surface area contributed by atoms with E-state index >= 15 is 0 Å². The lowest BCUT2D eigenvalue weighted by Gasteiger charge is -2.26. The first-order chi connectivity index (χ1) is 10.8. The summed E-state index contributed by atoms with van der Waals surface area (Å²) >= 11 is 0. The summed E-state index contributed by atoms with van der Waals surface area (Å²) in [5.74, 6) is 0.995. The van der Waals surface area contributed by atoms with Crippen molar-refractivity contribution >= 4 is 17.4 Å². The summed E-state index contributed by atoms with van der Waals surface area (Å²) in [7, 11) is 0. The van der Waals surface area contributed by atoms with Crippen molar-refractivity contribution in [2.24, 2.45) is 0 Å². The lowest BCUT2D eigenvalue weighted by atomic mass is 10.1. The third-order valence-corrected chi connectivity index (χ3v) is 4.06. The Kier molecular flexibility index (Phi) is 4.37. The largest absolute Gasteiger partial charge is 0.339 e. The topological polar surface area (TPSA) is 36.4 Å². The fraction of sp³-hybridized carbons (Fsp3) is 0.333. The van der Waals surface area contributed by atoms with Crippen LogP contribution in [0.5, 0.6) is 0 Å². The standard InChI is InChI=1S/C18H21N3O/c1-2-21(17-11-5-6-12-19-17)16-10-4-3-9-15(16)18(22)20-13-7-8-14-20/h3-6,9-12H,2,7-8,13-14H2,1H3. The second kappa shape index (κ2) is 6.60. The lowest BCUT2D eigenvalue weighted by Crippen LogP contribution is -2.30. The molecule has 1 aliphatic heterocycles. The van der Waals surface area contributed by atoms with E-state index in [4.69, 9.17) is 0 Å². The SMILES string of the molecule is CCN(c1ccccn1)c1ccccc1C(=O)N1CCCC1. The number of pyridine rings is 1. The first-order valence-electron chi connectivity index (χ1n) is 7.88. The molecule has 0 saturated carbocycles. The molecule has 22 heavy (non-hydrogen) atoms. The van der Waals surface area contributed by atoms with Gasteiger partial charge in [-0.15, -0.1) is 0 Å². The molecule has 0 bridgehead atoms. The Bertz CT molecular complexity index is 636. The van der Waals surface area contributed by atoms with E-state index in [1.54, 1.807) is 6.20 Å². The Morgan fingerprint density at radius 3 is 2.55 bits per heavy atom. The summed E-state index contributed by atoms with van der Waals surface area (Å²) in [6.45, 7) is 4.57. The van der Waals surface area contributed by atoms with Gasteiger partial charge < -0.3 is 9.80 Å². The lowest BCUT2D eigenvalue weighted by molar-refractivity contribution is 0.0793. The van der Waals surface area contributed by atoms with Gasteiger partial charge in [-0.3, -0.25) is 4.79 Å². The fourth-order valence-electron chi connectivity index (χ4n) is 2.95. The number of aromatic nitrogens is 1. The summed E-state index contributed by atoms with van der Waals surface area (Å²) in [6, 6.07) is 13.7. The van der Waals surface area contributed by atoms with Gasteiger partial charge in [0.2, 0.25) is 0 Å². The molecule has 114 valence electrons. The quantitative estimate of drug-likeness (QED) is 0.866. The van der Waals surface area contributed by atoms with Gasteiger partial charge in [-0.2, -0.15) is 0 Å². The monoisotopic (exact) mass is 295 g/mol. The molecule has 0 unspecified atom stereocenters. The van der Waals surface area contributed by atoms with Gasteiger partial charge >= 0.3 is 0 Å². The Balaban J connectivity index is 1.98. The maximum atomic E-state index is 12.8.